The molecule has 1 aromatic carbocycles. The van der Waals surface area contributed by atoms with E-state index in [4.69, 9.17) is 9.26 Å². The maximum atomic E-state index is 5.33. The molecule has 3 aromatic rings. The Labute approximate surface area is 131 Å². The summed E-state index contributed by atoms with van der Waals surface area (Å²) in [6.45, 7) is 2.57. The summed E-state index contributed by atoms with van der Waals surface area (Å²) in [5, 5.41) is 13.2. The largest absolute Gasteiger partial charge is 0.497 e. The third-order valence-corrected chi connectivity index (χ3v) is 3.69. The van der Waals surface area contributed by atoms with Crippen LogP contribution in [-0.4, -0.2) is 26.8 Å². The van der Waals surface area contributed by atoms with E-state index in [9.17, 15) is 0 Å². The van der Waals surface area contributed by atoms with Crippen LogP contribution in [0.1, 0.15) is 24.6 Å². The Morgan fingerprint density at radius 1 is 1.41 bits per heavy atom. The van der Waals surface area contributed by atoms with Gasteiger partial charge in [0.25, 0.3) is 0 Å². The first kappa shape index (κ1) is 14.6. The first-order valence-electron chi connectivity index (χ1n) is 6.73. The zero-order valence-electron chi connectivity index (χ0n) is 12.2. The summed E-state index contributed by atoms with van der Waals surface area (Å²) in [4.78, 5) is 4.43. The number of benzene rings is 1. The molecule has 114 valence electrons. The Morgan fingerprint density at radius 3 is 3.09 bits per heavy atom. The lowest BCUT2D eigenvalue weighted by Gasteiger charge is -2.06. The molecule has 0 aliphatic heterocycles. The fraction of sp³-hybridized carbons (Fsp3) is 0.286. The SMILES string of the molecule is COc1cccc(-c2noc([C@@H](C)NCc3csnn3)n2)c1. The molecule has 22 heavy (non-hydrogen) atoms. The van der Waals surface area contributed by atoms with Crippen molar-refractivity contribution in [3.8, 4) is 17.1 Å². The monoisotopic (exact) mass is 317 g/mol. The van der Waals surface area contributed by atoms with Crippen molar-refractivity contribution in [2.24, 2.45) is 0 Å². The lowest BCUT2D eigenvalue weighted by atomic mass is 10.2. The number of ether oxygens (including phenoxy) is 1. The molecular weight excluding hydrogens is 302 g/mol. The normalized spacial score (nSPS) is 12.3. The third-order valence-electron chi connectivity index (χ3n) is 3.13. The second-order valence-corrected chi connectivity index (χ2v) is 5.30. The van der Waals surface area contributed by atoms with Gasteiger partial charge in [-0.15, -0.1) is 5.10 Å². The van der Waals surface area contributed by atoms with E-state index in [-0.39, 0.29) is 6.04 Å². The number of hydrogen-bond acceptors (Lipinski definition) is 8. The van der Waals surface area contributed by atoms with Crippen LogP contribution in [0, 0.1) is 0 Å². The lowest BCUT2D eigenvalue weighted by molar-refractivity contribution is 0.338. The van der Waals surface area contributed by atoms with Crippen molar-refractivity contribution >= 4 is 11.5 Å². The summed E-state index contributed by atoms with van der Waals surface area (Å²) >= 11 is 1.33. The van der Waals surface area contributed by atoms with Gasteiger partial charge in [0, 0.05) is 17.5 Å². The molecule has 0 bridgehead atoms. The molecule has 0 saturated heterocycles. The van der Waals surface area contributed by atoms with Crippen LogP contribution in [0.2, 0.25) is 0 Å². The minimum absolute atomic E-state index is 0.0754. The number of rotatable bonds is 6. The van der Waals surface area contributed by atoms with Gasteiger partial charge in [0.05, 0.1) is 18.8 Å². The second kappa shape index (κ2) is 6.63. The van der Waals surface area contributed by atoms with Crippen LogP contribution in [0.15, 0.2) is 34.2 Å². The van der Waals surface area contributed by atoms with Crippen molar-refractivity contribution in [3.63, 3.8) is 0 Å². The number of methoxy groups -OCH3 is 1. The van der Waals surface area contributed by atoms with Gasteiger partial charge in [0.1, 0.15) is 5.75 Å². The van der Waals surface area contributed by atoms with Crippen molar-refractivity contribution in [1.29, 1.82) is 0 Å². The summed E-state index contributed by atoms with van der Waals surface area (Å²) in [6.07, 6.45) is 0. The molecule has 0 aliphatic carbocycles. The standard InChI is InChI=1S/C14H15N5O2S/c1-9(15-7-11-8-22-19-17-11)14-16-13(18-21-14)10-4-3-5-12(6-10)20-2/h3-6,8-9,15H,7H2,1-2H3/t9-/m1/s1. The topological polar surface area (TPSA) is 86.0 Å². The molecule has 8 heteroatoms. The quantitative estimate of drug-likeness (QED) is 0.747. The van der Waals surface area contributed by atoms with Gasteiger partial charge in [0.2, 0.25) is 11.7 Å². The summed E-state index contributed by atoms with van der Waals surface area (Å²) in [5.74, 6) is 1.82. The highest BCUT2D eigenvalue weighted by molar-refractivity contribution is 7.03. The maximum Gasteiger partial charge on any atom is 0.243 e. The number of nitrogens with zero attached hydrogens (tertiary/aromatic N) is 4. The summed E-state index contributed by atoms with van der Waals surface area (Å²) < 4.78 is 14.3. The van der Waals surface area contributed by atoms with Gasteiger partial charge in [-0.25, -0.2) is 0 Å². The van der Waals surface area contributed by atoms with E-state index in [2.05, 4.69) is 25.0 Å². The van der Waals surface area contributed by atoms with Gasteiger partial charge in [-0.3, -0.25) is 0 Å². The van der Waals surface area contributed by atoms with Gasteiger partial charge in [-0.05, 0) is 30.6 Å². The Bertz CT molecular complexity index is 728. The van der Waals surface area contributed by atoms with Crippen LogP contribution in [0.4, 0.5) is 0 Å². The predicted molar refractivity (Wildman–Crippen MR) is 81.4 cm³/mol. The fourth-order valence-corrected chi connectivity index (χ4v) is 2.35. The molecule has 0 saturated carbocycles. The zero-order valence-corrected chi connectivity index (χ0v) is 13.0. The van der Waals surface area contributed by atoms with Crippen molar-refractivity contribution < 1.29 is 9.26 Å². The Morgan fingerprint density at radius 2 is 2.32 bits per heavy atom. The van der Waals surface area contributed by atoms with Crippen LogP contribution < -0.4 is 10.1 Å². The Hall–Kier alpha value is -2.32. The molecule has 0 unspecified atom stereocenters. The average molecular weight is 317 g/mol. The molecule has 0 radical (unpaired) electrons. The first-order chi connectivity index (χ1) is 10.8. The molecule has 1 N–H and O–H groups in total. The summed E-state index contributed by atoms with van der Waals surface area (Å²) in [6, 6.07) is 7.47. The minimum atomic E-state index is -0.0754. The van der Waals surface area contributed by atoms with E-state index in [1.54, 1.807) is 7.11 Å². The number of hydrogen-bond donors (Lipinski definition) is 1. The minimum Gasteiger partial charge on any atom is -0.497 e. The predicted octanol–water partition coefficient (Wildman–Crippen LogP) is 2.45. The van der Waals surface area contributed by atoms with E-state index in [1.807, 2.05) is 36.6 Å². The Balaban J connectivity index is 1.69. The highest BCUT2D eigenvalue weighted by atomic mass is 32.1. The molecule has 3 rings (SSSR count). The number of nitrogens with one attached hydrogen (secondary N) is 1. The molecule has 1 atom stereocenters. The zero-order chi connectivity index (χ0) is 15.4. The number of aromatic nitrogens is 4. The highest BCUT2D eigenvalue weighted by Gasteiger charge is 2.15. The lowest BCUT2D eigenvalue weighted by Crippen LogP contribution is -2.18. The van der Waals surface area contributed by atoms with Crippen molar-refractivity contribution in [3.05, 3.63) is 41.2 Å². The van der Waals surface area contributed by atoms with E-state index in [1.165, 1.54) is 11.5 Å². The Kier molecular flexibility index (Phi) is 4.40. The second-order valence-electron chi connectivity index (χ2n) is 4.69. The molecule has 0 spiro atoms. The molecule has 2 heterocycles. The van der Waals surface area contributed by atoms with E-state index >= 15 is 0 Å². The molecule has 2 aromatic heterocycles. The maximum absolute atomic E-state index is 5.33. The van der Waals surface area contributed by atoms with Crippen molar-refractivity contribution in [2.75, 3.05) is 7.11 Å². The van der Waals surface area contributed by atoms with Gasteiger partial charge in [-0.1, -0.05) is 21.8 Å². The van der Waals surface area contributed by atoms with Gasteiger partial charge < -0.3 is 14.6 Å². The average Bonchev–Trinajstić information content (AvgIpc) is 3.24. The van der Waals surface area contributed by atoms with E-state index < -0.39 is 0 Å². The smallest absolute Gasteiger partial charge is 0.243 e. The summed E-state index contributed by atoms with van der Waals surface area (Å²) in [5.41, 5.74) is 1.75. The molecule has 0 fully saturated rings. The van der Waals surface area contributed by atoms with Crippen molar-refractivity contribution in [2.45, 2.75) is 19.5 Å². The van der Waals surface area contributed by atoms with Gasteiger partial charge >= 0.3 is 0 Å². The van der Waals surface area contributed by atoms with E-state index in [0.717, 1.165) is 17.0 Å². The van der Waals surface area contributed by atoms with Crippen molar-refractivity contribution in [1.82, 2.24) is 25.0 Å². The van der Waals surface area contributed by atoms with Gasteiger partial charge in [-0.2, -0.15) is 4.98 Å². The summed E-state index contributed by atoms with van der Waals surface area (Å²) in [7, 11) is 1.63. The molecule has 0 amide bonds. The molecule has 7 nitrogen and oxygen atoms in total. The van der Waals surface area contributed by atoms with E-state index in [0.29, 0.717) is 18.3 Å². The van der Waals surface area contributed by atoms with Crippen LogP contribution in [-0.2, 0) is 6.54 Å². The van der Waals surface area contributed by atoms with Crippen LogP contribution in [0.3, 0.4) is 0 Å². The molecule has 0 aliphatic rings. The van der Waals surface area contributed by atoms with Crippen LogP contribution in [0.5, 0.6) is 5.75 Å². The third kappa shape index (κ3) is 3.29. The first-order valence-corrected chi connectivity index (χ1v) is 7.57. The van der Waals surface area contributed by atoms with Crippen LogP contribution >= 0.6 is 11.5 Å². The fourth-order valence-electron chi connectivity index (χ4n) is 1.90. The highest BCUT2D eigenvalue weighted by Crippen LogP contribution is 2.22. The van der Waals surface area contributed by atoms with Gasteiger partial charge in [0.15, 0.2) is 0 Å². The molecular formula is C14H15N5O2S. The van der Waals surface area contributed by atoms with Crippen LogP contribution in [0.25, 0.3) is 11.4 Å².